The van der Waals surface area contributed by atoms with Gasteiger partial charge in [0.05, 0.1) is 5.69 Å². The van der Waals surface area contributed by atoms with Gasteiger partial charge in [0, 0.05) is 36.9 Å². The van der Waals surface area contributed by atoms with E-state index in [-0.39, 0.29) is 18.9 Å². The van der Waals surface area contributed by atoms with E-state index in [1.54, 1.807) is 23.1 Å². The van der Waals surface area contributed by atoms with E-state index >= 15 is 0 Å². The van der Waals surface area contributed by atoms with Crippen LogP contribution in [0, 0.1) is 6.92 Å². The number of nitrogens with one attached hydrogen (secondary N) is 1. The van der Waals surface area contributed by atoms with Crippen molar-refractivity contribution in [1.82, 2.24) is 20.1 Å². The summed E-state index contributed by atoms with van der Waals surface area (Å²) >= 11 is 0. The van der Waals surface area contributed by atoms with Crippen LogP contribution in [-0.2, 0) is 9.47 Å². The van der Waals surface area contributed by atoms with Crippen LogP contribution in [-0.4, -0.2) is 70.6 Å². The van der Waals surface area contributed by atoms with Crippen LogP contribution in [0.25, 0.3) is 11.3 Å². The van der Waals surface area contributed by atoms with Gasteiger partial charge in [-0.3, -0.25) is 4.79 Å². The van der Waals surface area contributed by atoms with E-state index in [1.165, 1.54) is 0 Å². The van der Waals surface area contributed by atoms with E-state index in [0.29, 0.717) is 53.9 Å². The summed E-state index contributed by atoms with van der Waals surface area (Å²) in [6.45, 7) is 11.0. The first kappa shape index (κ1) is 25.4. The first-order chi connectivity index (χ1) is 16.2. The number of ether oxygens (including phenoxy) is 3. The molecule has 1 aromatic carbocycles. The summed E-state index contributed by atoms with van der Waals surface area (Å²) in [5.74, 6) is 0.858. The van der Waals surface area contributed by atoms with Crippen molar-refractivity contribution in [3.05, 3.63) is 29.5 Å². The molecule has 1 saturated heterocycles. The van der Waals surface area contributed by atoms with Gasteiger partial charge in [-0.25, -0.2) is 9.78 Å². The predicted octanol–water partition coefficient (Wildman–Crippen LogP) is 3.84. The molecule has 1 amide bonds. The highest BCUT2D eigenvalue weighted by Gasteiger charge is 2.28. The van der Waals surface area contributed by atoms with E-state index in [9.17, 15) is 9.59 Å². The lowest BCUT2D eigenvalue weighted by Gasteiger charge is -2.34. The molecular formula is C24H33N5O5. The van der Waals surface area contributed by atoms with Gasteiger partial charge in [-0.05, 0) is 59.6 Å². The van der Waals surface area contributed by atoms with Crippen LogP contribution in [0.2, 0.25) is 0 Å². The molecule has 2 aromatic rings. The second-order valence-electron chi connectivity index (χ2n) is 9.11. The monoisotopic (exact) mass is 471 g/mol. The molecule has 1 aliphatic heterocycles. The Morgan fingerprint density at radius 3 is 2.76 bits per heavy atom. The Balaban J connectivity index is 1.73. The molecule has 10 heteroatoms. The van der Waals surface area contributed by atoms with Crippen LogP contribution < -0.4 is 10.1 Å². The molecular weight excluding hydrogens is 438 g/mol. The zero-order valence-corrected chi connectivity index (χ0v) is 20.5. The number of benzene rings is 1. The Labute approximate surface area is 200 Å². The number of aryl methyl sites for hydroxylation is 1. The minimum Gasteiger partial charge on any atom is -0.467 e. The second kappa shape index (κ2) is 11.2. The van der Waals surface area contributed by atoms with Crippen molar-refractivity contribution in [2.24, 2.45) is 0 Å². The number of aldehydes is 1. The van der Waals surface area contributed by atoms with Gasteiger partial charge in [-0.1, -0.05) is 6.07 Å². The third-order valence-electron chi connectivity index (χ3n) is 5.17. The van der Waals surface area contributed by atoms with Crippen molar-refractivity contribution in [3.63, 3.8) is 0 Å². The van der Waals surface area contributed by atoms with Gasteiger partial charge in [0.2, 0.25) is 5.95 Å². The Bertz CT molecular complexity index is 1010. The predicted molar refractivity (Wildman–Crippen MR) is 127 cm³/mol. The highest BCUT2D eigenvalue weighted by Crippen LogP contribution is 2.31. The number of piperidine rings is 1. The Morgan fingerprint density at radius 2 is 2.09 bits per heavy atom. The van der Waals surface area contributed by atoms with E-state index in [0.717, 1.165) is 19.1 Å². The van der Waals surface area contributed by atoms with Crippen molar-refractivity contribution in [3.8, 4) is 17.0 Å². The van der Waals surface area contributed by atoms with Gasteiger partial charge in [0.1, 0.15) is 23.3 Å². The quantitative estimate of drug-likeness (QED) is 0.348. The van der Waals surface area contributed by atoms with Gasteiger partial charge in [0.25, 0.3) is 0 Å². The molecule has 1 atom stereocenters. The molecule has 0 spiro atoms. The molecule has 1 aliphatic rings. The summed E-state index contributed by atoms with van der Waals surface area (Å²) in [5.41, 5.74) is 1.82. The molecule has 2 heterocycles. The van der Waals surface area contributed by atoms with Gasteiger partial charge in [-0.15, -0.1) is 10.2 Å². The average molecular weight is 472 g/mol. The summed E-state index contributed by atoms with van der Waals surface area (Å²) < 4.78 is 16.5. The standard InChI is InChI=1S/C24H33N5O5/c1-6-32-15-33-20-12-17(14-30)9-10-19(20)21-16(2)25-22(28-27-21)26-18-8-7-11-29(13-18)23(31)34-24(3,4)5/h9-10,12,14,18H,6-8,11,13,15H2,1-5H3,(H,25,26,28)/t18-/m1/s1. The Morgan fingerprint density at radius 1 is 1.29 bits per heavy atom. The number of hydrogen-bond acceptors (Lipinski definition) is 9. The van der Waals surface area contributed by atoms with Crippen LogP contribution in [0.15, 0.2) is 18.2 Å². The topological polar surface area (TPSA) is 116 Å². The summed E-state index contributed by atoms with van der Waals surface area (Å²) in [6.07, 6.45) is 2.17. The molecule has 184 valence electrons. The molecule has 34 heavy (non-hydrogen) atoms. The minimum absolute atomic E-state index is 0.00900. The molecule has 0 aliphatic carbocycles. The first-order valence-electron chi connectivity index (χ1n) is 11.5. The number of likely N-dealkylation sites (tertiary alicyclic amines) is 1. The molecule has 1 N–H and O–H groups in total. The maximum absolute atomic E-state index is 12.4. The number of carbonyl (C=O) groups is 2. The number of rotatable bonds is 8. The van der Waals surface area contributed by atoms with Crippen LogP contribution in [0.5, 0.6) is 5.75 Å². The molecule has 3 rings (SSSR count). The van der Waals surface area contributed by atoms with Crippen LogP contribution in [0.1, 0.15) is 56.6 Å². The highest BCUT2D eigenvalue weighted by molar-refractivity contribution is 5.80. The third kappa shape index (κ3) is 6.86. The number of aromatic nitrogens is 3. The summed E-state index contributed by atoms with van der Waals surface area (Å²) in [6, 6.07) is 5.08. The fraction of sp³-hybridized carbons (Fsp3) is 0.542. The van der Waals surface area contributed by atoms with Crippen molar-refractivity contribution >= 4 is 18.3 Å². The van der Waals surface area contributed by atoms with E-state index in [1.807, 2.05) is 34.6 Å². The van der Waals surface area contributed by atoms with E-state index < -0.39 is 5.60 Å². The molecule has 1 fully saturated rings. The Kier molecular flexibility index (Phi) is 8.38. The fourth-order valence-corrected chi connectivity index (χ4v) is 3.60. The van der Waals surface area contributed by atoms with Gasteiger partial charge < -0.3 is 24.4 Å². The number of carbonyl (C=O) groups excluding carboxylic acids is 2. The normalized spacial score (nSPS) is 16.1. The molecule has 10 nitrogen and oxygen atoms in total. The lowest BCUT2D eigenvalue weighted by Crippen LogP contribution is -2.47. The minimum atomic E-state index is -0.535. The zero-order valence-electron chi connectivity index (χ0n) is 20.5. The van der Waals surface area contributed by atoms with E-state index in [2.05, 4.69) is 20.5 Å². The molecule has 0 bridgehead atoms. The average Bonchev–Trinajstić information content (AvgIpc) is 2.79. The van der Waals surface area contributed by atoms with Crippen LogP contribution >= 0.6 is 0 Å². The molecule has 0 unspecified atom stereocenters. The smallest absolute Gasteiger partial charge is 0.410 e. The van der Waals surface area contributed by atoms with Gasteiger partial charge in [-0.2, -0.15) is 0 Å². The Hall–Kier alpha value is -3.27. The summed E-state index contributed by atoms with van der Waals surface area (Å²) in [4.78, 5) is 29.9. The van der Waals surface area contributed by atoms with Crippen molar-refractivity contribution in [2.75, 3.05) is 31.8 Å². The number of amides is 1. The number of hydrogen-bond donors (Lipinski definition) is 1. The lowest BCUT2D eigenvalue weighted by molar-refractivity contribution is 0.0205. The lowest BCUT2D eigenvalue weighted by atomic mass is 10.1. The largest absolute Gasteiger partial charge is 0.467 e. The maximum atomic E-state index is 12.4. The first-order valence-corrected chi connectivity index (χ1v) is 11.5. The molecule has 0 saturated carbocycles. The number of nitrogens with zero attached hydrogens (tertiary/aromatic N) is 4. The van der Waals surface area contributed by atoms with Crippen molar-refractivity contribution in [2.45, 2.75) is 59.1 Å². The van der Waals surface area contributed by atoms with Crippen LogP contribution in [0.4, 0.5) is 10.7 Å². The zero-order chi connectivity index (χ0) is 24.7. The van der Waals surface area contributed by atoms with Crippen molar-refractivity contribution < 1.29 is 23.8 Å². The van der Waals surface area contributed by atoms with Gasteiger partial charge >= 0.3 is 6.09 Å². The molecule has 1 aromatic heterocycles. The SMILES string of the molecule is CCOCOc1cc(C=O)ccc1-c1nnc(N[C@@H]2CCCN(C(=O)OC(C)(C)C)C2)nc1C. The fourth-order valence-electron chi connectivity index (χ4n) is 3.60. The number of anilines is 1. The third-order valence-corrected chi connectivity index (χ3v) is 5.17. The van der Waals surface area contributed by atoms with Crippen molar-refractivity contribution in [1.29, 1.82) is 0 Å². The van der Waals surface area contributed by atoms with E-state index in [4.69, 9.17) is 14.2 Å². The second-order valence-corrected chi connectivity index (χ2v) is 9.11. The summed E-state index contributed by atoms with van der Waals surface area (Å²) in [5, 5.41) is 11.9. The molecule has 0 radical (unpaired) electrons. The maximum Gasteiger partial charge on any atom is 0.410 e. The highest BCUT2D eigenvalue weighted by atomic mass is 16.7. The van der Waals surface area contributed by atoms with Crippen LogP contribution in [0.3, 0.4) is 0 Å². The summed E-state index contributed by atoms with van der Waals surface area (Å²) in [7, 11) is 0. The van der Waals surface area contributed by atoms with Gasteiger partial charge in [0.15, 0.2) is 6.79 Å².